The van der Waals surface area contributed by atoms with Crippen molar-refractivity contribution in [3.8, 4) is 23.0 Å². The van der Waals surface area contributed by atoms with Crippen LogP contribution >= 0.6 is 11.8 Å². The van der Waals surface area contributed by atoms with Gasteiger partial charge in [0.1, 0.15) is 23.0 Å². The second-order valence-corrected chi connectivity index (χ2v) is 19.3. The Morgan fingerprint density at radius 2 is 1.06 bits per heavy atom. The standard InChI is InChI=1S/C33H45F5O3S.C20H24O3/c1-25-13-15-26(16-14-25)31(2)23-40-30-22-27(41-24-39-3)17-18-28(30)29(31)12-9-7-5-4-6-8-10-20-42-21-11-19-32(34,35)33(36,37)38;1-14-5-7-16(8-6-14)20(3)12-22-19-11-17(23-13-21-4)9-10-18(19)15(20)2/h13-18,22,29H,4-12,19-21,23-24H2,1-3H3;5-11,15H,12-13H2,1-4H3/t29-,31-;15-,20+/m11/s1. The van der Waals surface area contributed by atoms with Crippen molar-refractivity contribution < 1.29 is 50.4 Å². The quantitative estimate of drug-likeness (QED) is 0.0442. The van der Waals surface area contributed by atoms with Crippen LogP contribution in [-0.2, 0) is 20.3 Å². The van der Waals surface area contributed by atoms with Crippen LogP contribution in [0.4, 0.5) is 22.0 Å². The predicted octanol–water partition coefficient (Wildman–Crippen LogP) is 14.7. The zero-order chi connectivity index (χ0) is 47.1. The van der Waals surface area contributed by atoms with Gasteiger partial charge < -0.3 is 28.4 Å². The van der Waals surface area contributed by atoms with Gasteiger partial charge in [0.25, 0.3) is 0 Å². The van der Waals surface area contributed by atoms with Crippen LogP contribution in [0.25, 0.3) is 0 Å². The lowest BCUT2D eigenvalue weighted by Crippen LogP contribution is -2.40. The SMILES string of the molecule is COCOc1ccc2c(c1)OC[C@](C)(c1ccc(C)cc1)[C@@H]2C.COCOc1ccc2c(c1)OC[C@](C)(c1ccc(C)cc1)[C@@H]2CCCCCCCCCSCCCC(F)(F)C(F)(F)F. The summed E-state index contributed by atoms with van der Waals surface area (Å²) in [5, 5.41) is 0. The normalized spacial score (nSPS) is 20.4. The molecule has 0 bridgehead atoms. The minimum atomic E-state index is -5.45. The summed E-state index contributed by atoms with van der Waals surface area (Å²) in [6.07, 6.45) is 2.04. The molecule has 4 aromatic carbocycles. The Hall–Kier alpha value is -4.00. The average Bonchev–Trinajstić information content (AvgIpc) is 3.28. The number of aryl methyl sites for hydroxylation is 2. The van der Waals surface area contributed by atoms with Gasteiger partial charge in [0, 0.05) is 49.5 Å². The molecule has 0 aliphatic carbocycles. The van der Waals surface area contributed by atoms with Crippen molar-refractivity contribution in [1.82, 2.24) is 0 Å². The highest BCUT2D eigenvalue weighted by Crippen LogP contribution is 2.50. The van der Waals surface area contributed by atoms with Crippen molar-refractivity contribution in [3.05, 3.63) is 118 Å². The minimum Gasteiger partial charge on any atom is -0.492 e. The van der Waals surface area contributed by atoms with Crippen molar-refractivity contribution in [2.75, 3.05) is 52.5 Å². The molecule has 0 radical (unpaired) electrons. The molecular weight excluding hydrogens is 860 g/mol. The third-order valence-electron chi connectivity index (χ3n) is 13.2. The van der Waals surface area contributed by atoms with E-state index < -0.39 is 18.5 Å². The molecule has 0 unspecified atom stereocenters. The molecule has 6 nitrogen and oxygen atoms in total. The number of unbranched alkanes of at least 4 members (excludes halogenated alkanes) is 6. The van der Waals surface area contributed by atoms with Gasteiger partial charge in [-0.25, -0.2) is 0 Å². The number of halogens is 5. The van der Waals surface area contributed by atoms with Gasteiger partial charge in [-0.1, -0.05) is 131 Å². The molecule has 358 valence electrons. The Kier molecular flexibility index (Phi) is 19.3. The predicted molar refractivity (Wildman–Crippen MR) is 252 cm³/mol. The summed E-state index contributed by atoms with van der Waals surface area (Å²) in [7, 11) is 3.21. The number of hydrogen-bond donors (Lipinski definition) is 0. The number of hydrogen-bond acceptors (Lipinski definition) is 7. The van der Waals surface area contributed by atoms with Crippen LogP contribution in [0.15, 0.2) is 84.9 Å². The fourth-order valence-corrected chi connectivity index (χ4v) is 9.72. The first-order chi connectivity index (χ1) is 31.0. The zero-order valence-corrected chi connectivity index (χ0v) is 40.1. The lowest BCUT2D eigenvalue weighted by molar-refractivity contribution is -0.284. The summed E-state index contributed by atoms with van der Waals surface area (Å²) >= 11 is 1.46. The van der Waals surface area contributed by atoms with Crippen molar-refractivity contribution in [1.29, 1.82) is 0 Å². The second-order valence-electron chi connectivity index (χ2n) is 18.1. The summed E-state index contributed by atoms with van der Waals surface area (Å²) in [5.74, 6) is 0.538. The Labute approximate surface area is 388 Å². The average molecular weight is 929 g/mol. The maximum absolute atomic E-state index is 12.9. The van der Waals surface area contributed by atoms with Gasteiger partial charge in [0.2, 0.25) is 0 Å². The van der Waals surface area contributed by atoms with Crippen molar-refractivity contribution in [3.63, 3.8) is 0 Å². The molecule has 12 heteroatoms. The third kappa shape index (κ3) is 14.0. The van der Waals surface area contributed by atoms with Gasteiger partial charge in [-0.3, -0.25) is 0 Å². The van der Waals surface area contributed by atoms with Gasteiger partial charge >= 0.3 is 12.1 Å². The van der Waals surface area contributed by atoms with Crippen molar-refractivity contribution >= 4 is 11.8 Å². The smallest absolute Gasteiger partial charge is 0.453 e. The van der Waals surface area contributed by atoms with Gasteiger partial charge in [-0.05, 0) is 84.9 Å². The minimum absolute atomic E-state index is 0.0321. The molecule has 2 aliphatic rings. The van der Waals surface area contributed by atoms with Crippen molar-refractivity contribution in [2.45, 2.75) is 134 Å². The molecule has 6 rings (SSSR count). The van der Waals surface area contributed by atoms with E-state index in [0.29, 0.717) is 30.8 Å². The number of thioether (sulfide) groups is 1. The topological polar surface area (TPSA) is 55.4 Å². The molecule has 0 amide bonds. The van der Waals surface area contributed by atoms with Crippen LogP contribution in [0.2, 0.25) is 0 Å². The van der Waals surface area contributed by atoms with Gasteiger partial charge in [-0.15, -0.1) is 0 Å². The highest BCUT2D eigenvalue weighted by Gasteiger charge is 2.56. The van der Waals surface area contributed by atoms with E-state index in [9.17, 15) is 22.0 Å². The van der Waals surface area contributed by atoms with Crippen molar-refractivity contribution in [2.24, 2.45) is 0 Å². The summed E-state index contributed by atoms with van der Waals surface area (Å²) in [5.41, 5.74) is 7.39. The van der Waals surface area contributed by atoms with Gasteiger partial charge in [-0.2, -0.15) is 33.7 Å². The molecule has 65 heavy (non-hydrogen) atoms. The number of ether oxygens (including phenoxy) is 6. The molecule has 0 fully saturated rings. The van der Waals surface area contributed by atoms with E-state index in [1.807, 2.05) is 24.3 Å². The number of rotatable bonds is 22. The van der Waals surface area contributed by atoms with Crippen LogP contribution in [0.3, 0.4) is 0 Å². The van der Waals surface area contributed by atoms with E-state index in [4.69, 9.17) is 28.4 Å². The first-order valence-corrected chi connectivity index (χ1v) is 24.1. The Bertz CT molecular complexity index is 2040. The number of methoxy groups -OCH3 is 2. The fourth-order valence-electron chi connectivity index (χ4n) is 8.76. The first kappa shape index (κ1) is 52.0. The molecule has 4 aromatic rings. The van der Waals surface area contributed by atoms with E-state index in [0.717, 1.165) is 80.1 Å². The van der Waals surface area contributed by atoms with E-state index in [-0.39, 0.29) is 30.8 Å². The van der Waals surface area contributed by atoms with Gasteiger partial charge in [0.15, 0.2) is 13.6 Å². The third-order valence-corrected chi connectivity index (χ3v) is 14.3. The molecule has 0 aromatic heterocycles. The van der Waals surface area contributed by atoms with Crippen LogP contribution in [0.1, 0.15) is 130 Å². The Balaban J connectivity index is 0.000000288. The Morgan fingerprint density at radius 1 is 0.600 bits per heavy atom. The zero-order valence-electron chi connectivity index (χ0n) is 39.3. The highest BCUT2D eigenvalue weighted by atomic mass is 32.2. The lowest BCUT2D eigenvalue weighted by Gasteiger charge is -2.43. The second kappa shape index (κ2) is 24.1. The Morgan fingerprint density at radius 3 is 1.60 bits per heavy atom. The maximum Gasteiger partial charge on any atom is 0.453 e. The van der Waals surface area contributed by atoms with E-state index >= 15 is 0 Å². The van der Waals surface area contributed by atoms with Crippen LogP contribution in [-0.4, -0.2) is 64.6 Å². The molecule has 0 spiro atoms. The largest absolute Gasteiger partial charge is 0.492 e. The van der Waals surface area contributed by atoms with Crippen LogP contribution in [0.5, 0.6) is 23.0 Å². The molecule has 2 heterocycles. The highest BCUT2D eigenvalue weighted by molar-refractivity contribution is 7.99. The molecule has 0 saturated heterocycles. The first-order valence-electron chi connectivity index (χ1n) is 23.0. The van der Waals surface area contributed by atoms with E-state index in [1.54, 1.807) is 14.2 Å². The number of benzene rings is 4. The summed E-state index contributed by atoms with van der Waals surface area (Å²) in [6.45, 7) is 12.8. The van der Waals surface area contributed by atoms with E-state index in [2.05, 4.69) is 95.3 Å². The molecule has 4 atom stereocenters. The lowest BCUT2D eigenvalue weighted by atomic mass is 9.66. The van der Waals surface area contributed by atoms with Crippen LogP contribution < -0.4 is 18.9 Å². The fraction of sp³-hybridized carbons (Fsp3) is 0.547. The molecule has 0 saturated carbocycles. The molecule has 2 aliphatic heterocycles. The summed E-state index contributed by atoms with van der Waals surface area (Å²) in [4.78, 5) is 0. The monoisotopic (exact) mass is 928 g/mol. The summed E-state index contributed by atoms with van der Waals surface area (Å²) in [6, 6.07) is 29.7. The maximum atomic E-state index is 12.9. The number of fused-ring (bicyclic) bond motifs is 2. The molecule has 0 N–H and O–H groups in total. The van der Waals surface area contributed by atoms with Gasteiger partial charge in [0.05, 0.1) is 13.2 Å². The molecular formula is C53H69F5O6S. The summed E-state index contributed by atoms with van der Waals surface area (Å²) < 4.78 is 96.0. The van der Waals surface area contributed by atoms with Crippen LogP contribution in [0, 0.1) is 13.8 Å². The number of alkyl halides is 5. The van der Waals surface area contributed by atoms with E-state index in [1.165, 1.54) is 45.1 Å².